The summed E-state index contributed by atoms with van der Waals surface area (Å²) in [6.45, 7) is 6.45. The van der Waals surface area contributed by atoms with Crippen LogP contribution in [0.1, 0.15) is 26.7 Å². The second kappa shape index (κ2) is 2.89. The topological polar surface area (TPSA) is 38.0 Å². The molecule has 1 unspecified atom stereocenters. The van der Waals surface area contributed by atoms with Gasteiger partial charge in [0.2, 0.25) is 0 Å². The maximum atomic E-state index is 5.58. The van der Waals surface area contributed by atoms with Gasteiger partial charge in [-0.25, -0.2) is 0 Å². The molecule has 2 nitrogen and oxygen atoms in total. The molecule has 3 N–H and O–H groups in total. The Kier molecular flexibility index (Phi) is 2.32. The van der Waals surface area contributed by atoms with E-state index in [0.29, 0.717) is 11.5 Å². The molecule has 1 aliphatic rings. The van der Waals surface area contributed by atoms with E-state index < -0.39 is 0 Å². The molecule has 1 aliphatic carbocycles. The Morgan fingerprint density at radius 2 is 2.20 bits per heavy atom. The smallest absolute Gasteiger partial charge is 0.0136 e. The predicted octanol–water partition coefficient (Wildman–Crippen LogP) is 0.723. The van der Waals surface area contributed by atoms with Crippen LogP contribution in [0.4, 0.5) is 0 Å². The average Bonchev–Trinajstić information content (AvgIpc) is 2.47. The Labute approximate surface area is 63.2 Å². The number of rotatable bonds is 4. The van der Waals surface area contributed by atoms with Crippen LogP contribution in [-0.4, -0.2) is 19.1 Å². The van der Waals surface area contributed by atoms with Gasteiger partial charge in [0.1, 0.15) is 0 Å². The third-order valence-electron chi connectivity index (χ3n) is 2.12. The Balaban J connectivity index is 1.95. The molecule has 1 fully saturated rings. The van der Waals surface area contributed by atoms with Crippen molar-refractivity contribution in [2.45, 2.75) is 32.7 Å². The Morgan fingerprint density at radius 1 is 1.60 bits per heavy atom. The molecule has 0 aliphatic heterocycles. The van der Waals surface area contributed by atoms with Crippen LogP contribution >= 0.6 is 0 Å². The minimum absolute atomic E-state index is 0.294. The van der Waals surface area contributed by atoms with Gasteiger partial charge < -0.3 is 11.1 Å². The van der Waals surface area contributed by atoms with Crippen LogP contribution < -0.4 is 11.1 Å². The van der Waals surface area contributed by atoms with Gasteiger partial charge >= 0.3 is 0 Å². The van der Waals surface area contributed by atoms with E-state index in [-0.39, 0.29) is 0 Å². The summed E-state index contributed by atoms with van der Waals surface area (Å²) in [7, 11) is 0. The second-order valence-corrected chi connectivity index (χ2v) is 3.92. The van der Waals surface area contributed by atoms with E-state index in [1.807, 2.05) is 6.92 Å². The standard InChI is InChI=1S/C8H18N2/c1-7(9)5-10-6-8(2)3-4-8/h7,10H,3-6,9H2,1-2H3. The zero-order valence-electron chi connectivity index (χ0n) is 6.98. The minimum atomic E-state index is 0.294. The lowest BCUT2D eigenvalue weighted by molar-refractivity contribution is 0.484. The van der Waals surface area contributed by atoms with E-state index in [1.165, 1.54) is 12.8 Å². The van der Waals surface area contributed by atoms with Gasteiger partial charge in [0.25, 0.3) is 0 Å². The summed E-state index contributed by atoms with van der Waals surface area (Å²) in [6, 6.07) is 0.294. The third kappa shape index (κ3) is 2.67. The highest BCUT2D eigenvalue weighted by Crippen LogP contribution is 2.43. The molecular weight excluding hydrogens is 124 g/mol. The first-order valence-electron chi connectivity index (χ1n) is 4.09. The normalized spacial score (nSPS) is 24.3. The van der Waals surface area contributed by atoms with Gasteiger partial charge in [-0.2, -0.15) is 0 Å². The Morgan fingerprint density at radius 3 is 2.60 bits per heavy atom. The molecule has 0 spiro atoms. The fourth-order valence-corrected chi connectivity index (χ4v) is 0.992. The van der Waals surface area contributed by atoms with Crippen LogP contribution in [0.5, 0.6) is 0 Å². The van der Waals surface area contributed by atoms with Gasteiger partial charge in [-0.05, 0) is 25.2 Å². The van der Waals surface area contributed by atoms with Gasteiger partial charge in [-0.15, -0.1) is 0 Å². The van der Waals surface area contributed by atoms with Crippen molar-refractivity contribution in [3.8, 4) is 0 Å². The highest BCUT2D eigenvalue weighted by atomic mass is 14.9. The molecule has 0 amide bonds. The summed E-state index contributed by atoms with van der Waals surface area (Å²) < 4.78 is 0. The quantitative estimate of drug-likeness (QED) is 0.607. The van der Waals surface area contributed by atoms with Gasteiger partial charge in [0.05, 0.1) is 0 Å². The Bertz CT molecular complexity index is 106. The molecule has 0 saturated heterocycles. The molecule has 1 atom stereocenters. The number of hydrogen-bond acceptors (Lipinski definition) is 2. The van der Waals surface area contributed by atoms with E-state index in [1.54, 1.807) is 0 Å². The summed E-state index contributed by atoms with van der Waals surface area (Å²) in [5.74, 6) is 0. The molecule has 1 rings (SSSR count). The molecule has 1 saturated carbocycles. The highest BCUT2D eigenvalue weighted by molar-refractivity contribution is 4.90. The molecular formula is C8H18N2. The monoisotopic (exact) mass is 142 g/mol. The lowest BCUT2D eigenvalue weighted by atomic mass is 10.1. The fraction of sp³-hybridized carbons (Fsp3) is 1.00. The van der Waals surface area contributed by atoms with E-state index >= 15 is 0 Å². The van der Waals surface area contributed by atoms with Crippen LogP contribution in [0, 0.1) is 5.41 Å². The third-order valence-corrected chi connectivity index (χ3v) is 2.12. The van der Waals surface area contributed by atoms with Crippen molar-refractivity contribution in [1.29, 1.82) is 0 Å². The first kappa shape index (κ1) is 8.02. The maximum Gasteiger partial charge on any atom is 0.0136 e. The average molecular weight is 142 g/mol. The predicted molar refractivity (Wildman–Crippen MR) is 43.9 cm³/mol. The fourth-order valence-electron chi connectivity index (χ4n) is 0.992. The summed E-state index contributed by atoms with van der Waals surface area (Å²) in [4.78, 5) is 0. The highest BCUT2D eigenvalue weighted by Gasteiger charge is 2.36. The van der Waals surface area contributed by atoms with Crippen molar-refractivity contribution < 1.29 is 0 Å². The van der Waals surface area contributed by atoms with Crippen molar-refractivity contribution in [2.24, 2.45) is 11.1 Å². The van der Waals surface area contributed by atoms with E-state index in [0.717, 1.165) is 13.1 Å². The zero-order chi connectivity index (χ0) is 7.61. The molecule has 0 aromatic rings. The molecule has 0 aromatic heterocycles. The maximum absolute atomic E-state index is 5.58. The van der Waals surface area contributed by atoms with Gasteiger partial charge in [0, 0.05) is 19.1 Å². The largest absolute Gasteiger partial charge is 0.327 e. The van der Waals surface area contributed by atoms with E-state index in [4.69, 9.17) is 5.73 Å². The number of hydrogen-bond donors (Lipinski definition) is 2. The Hall–Kier alpha value is -0.0800. The SMILES string of the molecule is CC(N)CNCC1(C)CC1. The lowest BCUT2D eigenvalue weighted by Crippen LogP contribution is -2.33. The van der Waals surface area contributed by atoms with Crippen molar-refractivity contribution in [3.05, 3.63) is 0 Å². The van der Waals surface area contributed by atoms with E-state index in [2.05, 4.69) is 12.2 Å². The van der Waals surface area contributed by atoms with Crippen molar-refractivity contribution in [3.63, 3.8) is 0 Å². The van der Waals surface area contributed by atoms with Crippen LogP contribution in [-0.2, 0) is 0 Å². The molecule has 10 heavy (non-hydrogen) atoms. The second-order valence-electron chi connectivity index (χ2n) is 3.92. The molecule has 2 heteroatoms. The molecule has 60 valence electrons. The van der Waals surface area contributed by atoms with Gasteiger partial charge in [0.15, 0.2) is 0 Å². The van der Waals surface area contributed by atoms with Crippen LogP contribution in [0.3, 0.4) is 0 Å². The minimum Gasteiger partial charge on any atom is -0.327 e. The molecule has 0 bridgehead atoms. The first-order chi connectivity index (χ1) is 4.62. The summed E-state index contributed by atoms with van der Waals surface area (Å²) in [6.07, 6.45) is 2.78. The summed E-state index contributed by atoms with van der Waals surface area (Å²) in [5.41, 5.74) is 6.20. The van der Waals surface area contributed by atoms with Gasteiger partial charge in [-0.1, -0.05) is 6.92 Å². The summed E-state index contributed by atoms with van der Waals surface area (Å²) in [5, 5.41) is 3.36. The number of nitrogens with one attached hydrogen (secondary N) is 1. The summed E-state index contributed by atoms with van der Waals surface area (Å²) >= 11 is 0. The molecule has 0 heterocycles. The number of nitrogens with two attached hydrogens (primary N) is 1. The first-order valence-corrected chi connectivity index (χ1v) is 4.09. The molecule has 0 aromatic carbocycles. The van der Waals surface area contributed by atoms with Gasteiger partial charge in [-0.3, -0.25) is 0 Å². The molecule has 0 radical (unpaired) electrons. The van der Waals surface area contributed by atoms with Crippen molar-refractivity contribution in [2.75, 3.05) is 13.1 Å². The van der Waals surface area contributed by atoms with E-state index in [9.17, 15) is 0 Å². The van der Waals surface area contributed by atoms with Crippen molar-refractivity contribution in [1.82, 2.24) is 5.32 Å². The van der Waals surface area contributed by atoms with Crippen LogP contribution in [0.25, 0.3) is 0 Å². The van der Waals surface area contributed by atoms with Crippen molar-refractivity contribution >= 4 is 0 Å². The van der Waals surface area contributed by atoms with Crippen LogP contribution in [0.15, 0.2) is 0 Å². The lowest BCUT2D eigenvalue weighted by Gasteiger charge is -2.11. The van der Waals surface area contributed by atoms with Crippen LogP contribution in [0.2, 0.25) is 0 Å². The zero-order valence-corrected chi connectivity index (χ0v) is 6.98.